The number of H-pyrrole nitrogens is 1. The summed E-state index contributed by atoms with van der Waals surface area (Å²) in [5.41, 5.74) is 3.05. The Bertz CT molecular complexity index is 763. The summed E-state index contributed by atoms with van der Waals surface area (Å²) in [6.07, 6.45) is 5.45. The largest absolute Gasteiger partial charge is 0.367 e. The fraction of sp³-hybridized carbons (Fsp3) is 0.400. The molecular formula is C20H23N3O2. The highest BCUT2D eigenvalue weighted by Gasteiger charge is 2.39. The molecule has 1 aromatic carbocycles. The quantitative estimate of drug-likeness (QED) is 0.900. The SMILES string of the molecule is Cc1ccc(C2CN(C(=O)c3cc[nH]c3)CC2NC(=O)C2CC2)cc1. The lowest BCUT2D eigenvalue weighted by molar-refractivity contribution is -0.123. The minimum atomic E-state index is -0.0290. The van der Waals surface area contributed by atoms with Gasteiger partial charge in [-0.3, -0.25) is 9.59 Å². The molecule has 2 unspecified atom stereocenters. The third-order valence-electron chi connectivity index (χ3n) is 5.23. The minimum Gasteiger partial charge on any atom is -0.367 e. The van der Waals surface area contributed by atoms with Crippen LogP contribution in [-0.2, 0) is 4.79 Å². The summed E-state index contributed by atoms with van der Waals surface area (Å²) < 4.78 is 0. The number of aromatic nitrogens is 1. The molecule has 2 N–H and O–H groups in total. The Labute approximate surface area is 147 Å². The Morgan fingerprint density at radius 1 is 1.12 bits per heavy atom. The Kier molecular flexibility index (Phi) is 4.07. The van der Waals surface area contributed by atoms with Crippen LogP contribution in [0.25, 0.3) is 0 Å². The first-order chi connectivity index (χ1) is 12.1. The molecule has 5 heteroatoms. The van der Waals surface area contributed by atoms with Crippen molar-refractivity contribution >= 4 is 11.8 Å². The number of benzene rings is 1. The van der Waals surface area contributed by atoms with E-state index in [0.29, 0.717) is 18.7 Å². The number of likely N-dealkylation sites (tertiary alicyclic amines) is 1. The van der Waals surface area contributed by atoms with Crippen LogP contribution >= 0.6 is 0 Å². The molecule has 2 fully saturated rings. The van der Waals surface area contributed by atoms with Crippen molar-refractivity contribution in [3.05, 3.63) is 59.4 Å². The molecule has 2 aliphatic rings. The maximum atomic E-state index is 12.7. The van der Waals surface area contributed by atoms with Gasteiger partial charge in [-0.1, -0.05) is 29.8 Å². The van der Waals surface area contributed by atoms with Crippen LogP contribution in [0.4, 0.5) is 0 Å². The second-order valence-corrected chi connectivity index (χ2v) is 7.22. The Hall–Kier alpha value is -2.56. The van der Waals surface area contributed by atoms with Crippen molar-refractivity contribution in [1.82, 2.24) is 15.2 Å². The molecule has 1 aliphatic heterocycles. The van der Waals surface area contributed by atoms with Gasteiger partial charge in [-0.25, -0.2) is 0 Å². The topological polar surface area (TPSA) is 65.2 Å². The van der Waals surface area contributed by atoms with Crippen LogP contribution in [0.1, 0.15) is 40.2 Å². The maximum Gasteiger partial charge on any atom is 0.255 e. The van der Waals surface area contributed by atoms with Crippen molar-refractivity contribution in [2.75, 3.05) is 13.1 Å². The first-order valence-electron chi connectivity index (χ1n) is 8.91. The van der Waals surface area contributed by atoms with Gasteiger partial charge in [0.1, 0.15) is 0 Å². The fourth-order valence-electron chi connectivity index (χ4n) is 3.55. The summed E-state index contributed by atoms with van der Waals surface area (Å²) in [4.78, 5) is 29.8. The zero-order valence-corrected chi connectivity index (χ0v) is 14.4. The van der Waals surface area contributed by atoms with Crippen LogP contribution in [0, 0.1) is 12.8 Å². The Morgan fingerprint density at radius 2 is 1.88 bits per heavy atom. The highest BCUT2D eigenvalue weighted by molar-refractivity contribution is 5.94. The van der Waals surface area contributed by atoms with E-state index in [-0.39, 0.29) is 29.7 Å². The van der Waals surface area contributed by atoms with Crippen molar-refractivity contribution in [3.8, 4) is 0 Å². The van der Waals surface area contributed by atoms with E-state index in [0.717, 1.165) is 12.8 Å². The highest BCUT2D eigenvalue weighted by atomic mass is 16.2. The van der Waals surface area contributed by atoms with Gasteiger partial charge in [0.05, 0.1) is 11.6 Å². The Balaban J connectivity index is 1.55. The lowest BCUT2D eigenvalue weighted by Crippen LogP contribution is -2.41. The average molecular weight is 337 g/mol. The van der Waals surface area contributed by atoms with E-state index in [4.69, 9.17) is 0 Å². The van der Waals surface area contributed by atoms with Crippen molar-refractivity contribution in [3.63, 3.8) is 0 Å². The van der Waals surface area contributed by atoms with Gasteiger partial charge in [0, 0.05) is 37.3 Å². The predicted octanol–water partition coefficient (Wildman–Crippen LogP) is 2.46. The predicted molar refractivity (Wildman–Crippen MR) is 95.3 cm³/mol. The van der Waals surface area contributed by atoms with Gasteiger partial charge in [-0.2, -0.15) is 0 Å². The standard InChI is InChI=1S/C20H23N3O2/c1-13-2-4-14(5-3-13)17-11-23(20(25)16-8-9-21-10-16)12-18(17)22-19(24)15-6-7-15/h2-5,8-10,15,17-18,21H,6-7,11-12H2,1H3,(H,22,24). The summed E-state index contributed by atoms with van der Waals surface area (Å²) >= 11 is 0. The summed E-state index contributed by atoms with van der Waals surface area (Å²) in [5.74, 6) is 0.457. The number of hydrogen-bond acceptors (Lipinski definition) is 2. The second-order valence-electron chi connectivity index (χ2n) is 7.22. The number of carbonyl (C=O) groups is 2. The van der Waals surface area contributed by atoms with Crippen molar-refractivity contribution in [2.24, 2.45) is 5.92 Å². The van der Waals surface area contributed by atoms with Gasteiger partial charge in [0.25, 0.3) is 5.91 Å². The van der Waals surface area contributed by atoms with E-state index in [2.05, 4.69) is 41.5 Å². The zero-order valence-electron chi connectivity index (χ0n) is 14.4. The molecule has 130 valence electrons. The van der Waals surface area contributed by atoms with E-state index in [9.17, 15) is 9.59 Å². The first-order valence-corrected chi connectivity index (χ1v) is 8.91. The Morgan fingerprint density at radius 3 is 2.52 bits per heavy atom. The number of nitrogens with one attached hydrogen (secondary N) is 2. The molecule has 1 saturated heterocycles. The first kappa shape index (κ1) is 15.9. The van der Waals surface area contributed by atoms with Crippen LogP contribution in [0.5, 0.6) is 0 Å². The lowest BCUT2D eigenvalue weighted by Gasteiger charge is -2.20. The van der Waals surface area contributed by atoms with Gasteiger partial charge in [0.15, 0.2) is 0 Å². The number of hydrogen-bond donors (Lipinski definition) is 2. The third-order valence-corrected chi connectivity index (χ3v) is 5.23. The molecule has 0 radical (unpaired) electrons. The summed E-state index contributed by atoms with van der Waals surface area (Å²) in [5, 5.41) is 3.19. The minimum absolute atomic E-state index is 0.0153. The summed E-state index contributed by atoms with van der Waals surface area (Å²) in [7, 11) is 0. The maximum absolute atomic E-state index is 12.7. The van der Waals surface area contributed by atoms with Gasteiger partial charge in [-0.15, -0.1) is 0 Å². The number of rotatable bonds is 4. The smallest absolute Gasteiger partial charge is 0.255 e. The number of aryl methyl sites for hydroxylation is 1. The van der Waals surface area contributed by atoms with E-state index in [1.807, 2.05) is 4.90 Å². The monoisotopic (exact) mass is 337 g/mol. The van der Waals surface area contributed by atoms with Gasteiger partial charge in [-0.05, 0) is 31.4 Å². The molecule has 5 nitrogen and oxygen atoms in total. The van der Waals surface area contributed by atoms with E-state index >= 15 is 0 Å². The molecule has 1 saturated carbocycles. The molecule has 2 heterocycles. The van der Waals surface area contributed by atoms with Crippen molar-refractivity contribution in [1.29, 1.82) is 0 Å². The molecule has 2 aromatic rings. The third kappa shape index (κ3) is 3.31. The number of carbonyl (C=O) groups excluding carboxylic acids is 2. The van der Waals surface area contributed by atoms with Crippen LogP contribution in [0.3, 0.4) is 0 Å². The van der Waals surface area contributed by atoms with Gasteiger partial charge in [0.2, 0.25) is 5.91 Å². The summed E-state index contributed by atoms with van der Waals surface area (Å²) in [6, 6.07) is 10.2. The van der Waals surface area contributed by atoms with Gasteiger partial charge < -0.3 is 15.2 Å². The molecule has 4 rings (SSSR count). The lowest BCUT2D eigenvalue weighted by atomic mass is 9.93. The molecule has 0 bridgehead atoms. The summed E-state index contributed by atoms with van der Waals surface area (Å²) in [6.45, 7) is 3.25. The number of aromatic amines is 1. The van der Waals surface area contributed by atoms with Crippen LogP contribution in [0.2, 0.25) is 0 Å². The highest BCUT2D eigenvalue weighted by Crippen LogP contribution is 2.32. The van der Waals surface area contributed by atoms with Gasteiger partial charge >= 0.3 is 0 Å². The van der Waals surface area contributed by atoms with E-state index in [1.54, 1.807) is 18.5 Å². The number of nitrogens with zero attached hydrogens (tertiary/aromatic N) is 1. The van der Waals surface area contributed by atoms with Crippen molar-refractivity contribution < 1.29 is 9.59 Å². The molecule has 2 amide bonds. The molecule has 1 aliphatic carbocycles. The molecule has 2 atom stereocenters. The molecular weight excluding hydrogens is 314 g/mol. The van der Waals surface area contributed by atoms with E-state index in [1.165, 1.54) is 11.1 Å². The van der Waals surface area contributed by atoms with E-state index < -0.39 is 0 Å². The normalized spacial score (nSPS) is 22.8. The molecule has 25 heavy (non-hydrogen) atoms. The van der Waals surface area contributed by atoms with Crippen LogP contribution in [0.15, 0.2) is 42.7 Å². The molecule has 0 spiro atoms. The fourth-order valence-corrected chi connectivity index (χ4v) is 3.55. The average Bonchev–Trinajstić information content (AvgIpc) is 3.16. The van der Waals surface area contributed by atoms with Crippen molar-refractivity contribution in [2.45, 2.75) is 31.7 Å². The van der Waals surface area contributed by atoms with Crippen LogP contribution < -0.4 is 5.32 Å². The second kappa shape index (κ2) is 6.39. The number of amides is 2. The zero-order chi connectivity index (χ0) is 17.4. The van der Waals surface area contributed by atoms with Crippen LogP contribution in [-0.4, -0.2) is 40.8 Å². The molecule has 1 aromatic heterocycles.